The van der Waals surface area contributed by atoms with Gasteiger partial charge in [0.2, 0.25) is 0 Å². The summed E-state index contributed by atoms with van der Waals surface area (Å²) in [5.41, 5.74) is 1.01. The molecule has 0 spiro atoms. The molecule has 2 aromatic rings. The van der Waals surface area contributed by atoms with E-state index < -0.39 is 11.8 Å². The molecule has 0 unspecified atom stereocenters. The topological polar surface area (TPSA) is 65.1 Å². The van der Waals surface area contributed by atoms with Gasteiger partial charge in [-0.3, -0.25) is 14.5 Å². The zero-order chi connectivity index (χ0) is 22.5. The Kier molecular flexibility index (Phi) is 7.39. The molecule has 9 heteroatoms. The van der Waals surface area contributed by atoms with Crippen molar-refractivity contribution in [3.8, 4) is 0 Å². The van der Waals surface area contributed by atoms with E-state index in [0.717, 1.165) is 36.7 Å². The molecule has 2 atom stereocenters. The first-order chi connectivity index (χ1) is 15.5. The van der Waals surface area contributed by atoms with E-state index in [1.165, 1.54) is 12.1 Å². The van der Waals surface area contributed by atoms with Gasteiger partial charge in [0.25, 0.3) is 0 Å². The molecular formula is C23H29FN4O3S. The Morgan fingerprint density at radius 3 is 2.34 bits per heavy atom. The van der Waals surface area contributed by atoms with E-state index in [0.29, 0.717) is 26.3 Å². The van der Waals surface area contributed by atoms with Crippen molar-refractivity contribution in [3.05, 3.63) is 52.5 Å². The molecule has 2 saturated heterocycles. The van der Waals surface area contributed by atoms with Crippen LogP contribution in [-0.4, -0.2) is 80.1 Å². The smallest absolute Gasteiger partial charge is 0.312 e. The van der Waals surface area contributed by atoms with Crippen molar-refractivity contribution >= 4 is 28.8 Å². The van der Waals surface area contributed by atoms with Crippen molar-refractivity contribution in [2.24, 2.45) is 0 Å². The summed E-state index contributed by atoms with van der Waals surface area (Å²) < 4.78 is 18.5. The molecule has 0 bridgehead atoms. The summed E-state index contributed by atoms with van der Waals surface area (Å²) >= 11 is 1.66. The molecular weight excluding hydrogens is 431 g/mol. The molecule has 7 nitrogen and oxygen atoms in total. The lowest BCUT2D eigenvalue weighted by Gasteiger charge is -2.42. The van der Waals surface area contributed by atoms with Crippen LogP contribution < -0.4 is 10.2 Å². The summed E-state index contributed by atoms with van der Waals surface area (Å²) in [4.78, 5) is 32.5. The van der Waals surface area contributed by atoms with Crippen LogP contribution in [0, 0.1) is 5.82 Å². The first-order valence-corrected chi connectivity index (χ1v) is 11.9. The van der Waals surface area contributed by atoms with Crippen molar-refractivity contribution in [3.63, 3.8) is 0 Å². The molecule has 2 fully saturated rings. The summed E-state index contributed by atoms with van der Waals surface area (Å²) in [5.74, 6) is -1.29. The number of hydrogen-bond acceptors (Lipinski definition) is 6. The molecule has 2 amide bonds. The van der Waals surface area contributed by atoms with Crippen LogP contribution in [0.1, 0.15) is 17.8 Å². The van der Waals surface area contributed by atoms with E-state index in [9.17, 15) is 14.0 Å². The Hall–Kier alpha value is -2.49. The minimum Gasteiger partial charge on any atom is -0.378 e. The zero-order valence-electron chi connectivity index (χ0n) is 18.2. The number of anilines is 1. The Morgan fingerprint density at radius 1 is 1.03 bits per heavy atom. The van der Waals surface area contributed by atoms with Gasteiger partial charge in [0.05, 0.1) is 19.3 Å². The number of rotatable bonds is 5. The number of carbonyl (C=O) groups excluding carboxylic acids is 2. The third-order valence-corrected chi connectivity index (χ3v) is 7.00. The normalized spacial score (nSPS) is 19.4. The number of hydrogen-bond donors (Lipinski definition) is 1. The first-order valence-electron chi connectivity index (χ1n) is 11.0. The van der Waals surface area contributed by atoms with Gasteiger partial charge in [0.1, 0.15) is 5.82 Å². The number of thiophene rings is 1. The molecule has 0 aliphatic carbocycles. The van der Waals surface area contributed by atoms with Gasteiger partial charge in [0, 0.05) is 55.9 Å². The molecule has 4 rings (SSSR count). The minimum absolute atomic E-state index is 0.0215. The average Bonchev–Trinajstić information content (AvgIpc) is 3.34. The van der Waals surface area contributed by atoms with Gasteiger partial charge in [-0.15, -0.1) is 11.3 Å². The molecule has 2 aliphatic rings. The van der Waals surface area contributed by atoms with Gasteiger partial charge in [-0.25, -0.2) is 4.39 Å². The summed E-state index contributed by atoms with van der Waals surface area (Å²) in [5, 5.41) is 4.98. The van der Waals surface area contributed by atoms with Crippen LogP contribution in [0.5, 0.6) is 0 Å². The molecule has 2 aliphatic heterocycles. The van der Waals surface area contributed by atoms with E-state index in [-0.39, 0.29) is 17.9 Å². The lowest BCUT2D eigenvalue weighted by Crippen LogP contribution is -2.54. The maximum absolute atomic E-state index is 13.3. The summed E-state index contributed by atoms with van der Waals surface area (Å²) in [6.07, 6.45) is 0. The third-order valence-electron chi connectivity index (χ3n) is 6.06. The maximum Gasteiger partial charge on any atom is 0.312 e. The number of piperazine rings is 1. The van der Waals surface area contributed by atoms with Gasteiger partial charge in [-0.2, -0.15) is 0 Å². The Morgan fingerprint density at radius 2 is 1.72 bits per heavy atom. The number of ether oxygens (including phenoxy) is 1. The zero-order valence-corrected chi connectivity index (χ0v) is 19.0. The lowest BCUT2D eigenvalue weighted by molar-refractivity contribution is -0.149. The Bertz CT molecular complexity index is 894. The highest BCUT2D eigenvalue weighted by atomic mass is 32.1. The van der Waals surface area contributed by atoms with E-state index in [4.69, 9.17) is 4.74 Å². The second-order valence-corrected chi connectivity index (χ2v) is 9.11. The van der Waals surface area contributed by atoms with Gasteiger partial charge >= 0.3 is 11.8 Å². The fraction of sp³-hybridized carbons (Fsp3) is 0.478. The van der Waals surface area contributed by atoms with Crippen molar-refractivity contribution in [1.82, 2.24) is 15.1 Å². The van der Waals surface area contributed by atoms with Crippen LogP contribution >= 0.6 is 11.3 Å². The predicted molar refractivity (Wildman–Crippen MR) is 122 cm³/mol. The van der Waals surface area contributed by atoms with E-state index in [2.05, 4.69) is 21.2 Å². The van der Waals surface area contributed by atoms with Gasteiger partial charge in [0.15, 0.2) is 0 Å². The summed E-state index contributed by atoms with van der Waals surface area (Å²) in [7, 11) is 0. The van der Waals surface area contributed by atoms with Crippen LogP contribution in [0.15, 0.2) is 41.8 Å². The highest BCUT2D eigenvalue weighted by Crippen LogP contribution is 2.30. The largest absolute Gasteiger partial charge is 0.378 e. The number of morpholine rings is 1. The predicted octanol–water partition coefficient (Wildman–Crippen LogP) is 2.11. The van der Waals surface area contributed by atoms with Crippen molar-refractivity contribution in [2.45, 2.75) is 19.0 Å². The highest BCUT2D eigenvalue weighted by Gasteiger charge is 2.33. The third kappa shape index (κ3) is 5.28. The Balaban J connectivity index is 1.41. The van der Waals surface area contributed by atoms with Crippen LogP contribution in [-0.2, 0) is 14.3 Å². The van der Waals surface area contributed by atoms with E-state index >= 15 is 0 Å². The Labute approximate surface area is 191 Å². The number of halogens is 1. The molecule has 172 valence electrons. The van der Waals surface area contributed by atoms with Crippen LogP contribution in [0.3, 0.4) is 0 Å². The molecule has 1 aromatic heterocycles. The highest BCUT2D eigenvalue weighted by molar-refractivity contribution is 7.10. The van der Waals surface area contributed by atoms with Crippen LogP contribution in [0.2, 0.25) is 0 Å². The van der Waals surface area contributed by atoms with E-state index in [1.807, 2.05) is 30.5 Å². The first kappa shape index (κ1) is 22.7. The fourth-order valence-corrected chi connectivity index (χ4v) is 5.33. The van der Waals surface area contributed by atoms with Crippen molar-refractivity contribution in [2.75, 3.05) is 57.4 Å². The average molecular weight is 461 g/mol. The SMILES string of the molecule is C[C@H](NC(=O)C(=O)N1CCOCC1)[C@@H](c1cccs1)N1CCN(c2ccc(F)cc2)CC1. The van der Waals surface area contributed by atoms with Crippen molar-refractivity contribution in [1.29, 1.82) is 0 Å². The number of nitrogens with one attached hydrogen (secondary N) is 1. The van der Waals surface area contributed by atoms with Gasteiger partial charge in [-0.05, 0) is 42.6 Å². The second kappa shape index (κ2) is 10.4. The molecule has 0 radical (unpaired) electrons. The molecule has 0 saturated carbocycles. The maximum atomic E-state index is 13.3. The van der Waals surface area contributed by atoms with Gasteiger partial charge < -0.3 is 19.9 Å². The summed E-state index contributed by atoms with van der Waals surface area (Å²) in [6.45, 7) is 6.99. The standard InChI is InChI=1S/C23H29FN4O3S/c1-17(25-22(29)23(30)28-12-14-31-15-13-28)21(20-3-2-16-32-20)27-10-8-26(9-11-27)19-6-4-18(24)5-7-19/h2-7,16-17,21H,8-15H2,1H3,(H,25,29)/t17-,21-/m0/s1. The number of amides is 2. The monoisotopic (exact) mass is 460 g/mol. The second-order valence-electron chi connectivity index (χ2n) is 8.13. The van der Waals surface area contributed by atoms with Gasteiger partial charge in [-0.1, -0.05) is 6.07 Å². The van der Waals surface area contributed by atoms with Crippen LogP contribution in [0.4, 0.5) is 10.1 Å². The minimum atomic E-state index is -0.564. The molecule has 32 heavy (non-hydrogen) atoms. The number of nitrogens with zero attached hydrogens (tertiary/aromatic N) is 3. The molecule has 1 N–H and O–H groups in total. The van der Waals surface area contributed by atoms with Crippen molar-refractivity contribution < 1.29 is 18.7 Å². The quantitative estimate of drug-likeness (QED) is 0.693. The van der Waals surface area contributed by atoms with Crippen LogP contribution in [0.25, 0.3) is 0 Å². The lowest BCUT2D eigenvalue weighted by atomic mass is 10.0. The molecule has 3 heterocycles. The fourth-order valence-electron chi connectivity index (χ4n) is 4.37. The molecule has 1 aromatic carbocycles. The summed E-state index contributed by atoms with van der Waals surface area (Å²) in [6, 6.07) is 10.4. The van der Waals surface area contributed by atoms with E-state index in [1.54, 1.807) is 16.2 Å². The number of benzene rings is 1. The number of carbonyl (C=O) groups is 2.